The highest BCUT2D eigenvalue weighted by Crippen LogP contribution is 2.26. The summed E-state index contributed by atoms with van der Waals surface area (Å²) in [6, 6.07) is 9.64. The highest BCUT2D eigenvalue weighted by atomic mass is 16.5. The van der Waals surface area contributed by atoms with E-state index in [1.54, 1.807) is 4.90 Å². The Kier molecular flexibility index (Phi) is 5.58. The first-order chi connectivity index (χ1) is 10.5. The van der Waals surface area contributed by atoms with Crippen molar-refractivity contribution in [3.63, 3.8) is 0 Å². The SMILES string of the molecule is COC(=O)C1CCCN1C(=O)C(Cc1ccccc1)C(C)C. The Morgan fingerprint density at radius 2 is 1.95 bits per heavy atom. The molecule has 22 heavy (non-hydrogen) atoms. The summed E-state index contributed by atoms with van der Waals surface area (Å²) < 4.78 is 4.84. The van der Waals surface area contributed by atoms with Crippen molar-refractivity contribution in [2.24, 2.45) is 11.8 Å². The molecule has 1 fully saturated rings. The molecule has 1 amide bonds. The number of carbonyl (C=O) groups is 2. The first-order valence-electron chi connectivity index (χ1n) is 7.96. The van der Waals surface area contributed by atoms with E-state index >= 15 is 0 Å². The van der Waals surface area contributed by atoms with Crippen LogP contribution in [-0.4, -0.2) is 36.5 Å². The third kappa shape index (κ3) is 3.67. The quantitative estimate of drug-likeness (QED) is 0.786. The van der Waals surface area contributed by atoms with Gasteiger partial charge in [-0.1, -0.05) is 44.2 Å². The molecule has 1 saturated heterocycles. The zero-order chi connectivity index (χ0) is 16.1. The summed E-state index contributed by atoms with van der Waals surface area (Å²) in [5.41, 5.74) is 1.16. The van der Waals surface area contributed by atoms with Gasteiger partial charge in [0.25, 0.3) is 0 Å². The first-order valence-corrected chi connectivity index (χ1v) is 7.96. The molecule has 0 bridgehead atoms. The molecule has 0 aliphatic carbocycles. The molecule has 2 unspecified atom stereocenters. The maximum absolute atomic E-state index is 12.9. The third-order valence-corrected chi connectivity index (χ3v) is 4.43. The standard InChI is InChI=1S/C18H25NO3/c1-13(2)15(12-14-8-5-4-6-9-14)17(20)19-11-7-10-16(19)18(21)22-3/h4-6,8-9,13,15-16H,7,10-12H2,1-3H3. The van der Waals surface area contributed by atoms with E-state index in [0.29, 0.717) is 19.4 Å². The van der Waals surface area contributed by atoms with Gasteiger partial charge in [0.1, 0.15) is 6.04 Å². The second-order valence-corrected chi connectivity index (χ2v) is 6.25. The van der Waals surface area contributed by atoms with Crippen molar-refractivity contribution < 1.29 is 14.3 Å². The predicted octanol–water partition coefficient (Wildman–Crippen LogP) is 2.67. The fourth-order valence-corrected chi connectivity index (χ4v) is 3.10. The number of hydrogen-bond acceptors (Lipinski definition) is 3. The Bertz CT molecular complexity index is 512. The average molecular weight is 303 g/mol. The lowest BCUT2D eigenvalue weighted by Gasteiger charge is -2.29. The molecule has 1 heterocycles. The predicted molar refractivity (Wildman–Crippen MR) is 85.2 cm³/mol. The lowest BCUT2D eigenvalue weighted by molar-refractivity contribution is -0.152. The minimum atomic E-state index is -0.408. The van der Waals surface area contributed by atoms with Crippen molar-refractivity contribution >= 4 is 11.9 Å². The van der Waals surface area contributed by atoms with Crippen LogP contribution in [0.4, 0.5) is 0 Å². The molecule has 1 aliphatic heterocycles. The zero-order valence-electron chi connectivity index (χ0n) is 13.6. The van der Waals surface area contributed by atoms with Crippen LogP contribution in [0.2, 0.25) is 0 Å². The van der Waals surface area contributed by atoms with Crippen LogP contribution < -0.4 is 0 Å². The number of likely N-dealkylation sites (tertiary alicyclic amines) is 1. The van der Waals surface area contributed by atoms with Gasteiger partial charge in [0, 0.05) is 12.5 Å². The molecule has 2 atom stereocenters. The summed E-state index contributed by atoms with van der Waals surface area (Å²) in [5.74, 6) is -0.0981. The van der Waals surface area contributed by atoms with Gasteiger partial charge in [-0.05, 0) is 30.7 Å². The van der Waals surface area contributed by atoms with E-state index in [0.717, 1.165) is 12.0 Å². The number of benzene rings is 1. The van der Waals surface area contributed by atoms with E-state index in [2.05, 4.69) is 13.8 Å². The number of rotatable bonds is 5. The minimum absolute atomic E-state index is 0.0757. The molecule has 0 N–H and O–H groups in total. The monoisotopic (exact) mass is 303 g/mol. The van der Waals surface area contributed by atoms with Crippen molar-refractivity contribution in [3.05, 3.63) is 35.9 Å². The Labute approximate surface area is 132 Å². The van der Waals surface area contributed by atoms with Gasteiger partial charge in [-0.15, -0.1) is 0 Å². The molecule has 1 aromatic carbocycles. The second-order valence-electron chi connectivity index (χ2n) is 6.25. The van der Waals surface area contributed by atoms with E-state index < -0.39 is 6.04 Å². The normalized spacial score (nSPS) is 19.3. The van der Waals surface area contributed by atoms with E-state index in [9.17, 15) is 9.59 Å². The smallest absolute Gasteiger partial charge is 0.328 e. The Morgan fingerprint density at radius 3 is 2.55 bits per heavy atom. The van der Waals surface area contributed by atoms with Gasteiger partial charge in [-0.25, -0.2) is 4.79 Å². The van der Waals surface area contributed by atoms with E-state index in [1.165, 1.54) is 7.11 Å². The number of nitrogens with zero attached hydrogens (tertiary/aromatic N) is 1. The van der Waals surface area contributed by atoms with Crippen LogP contribution >= 0.6 is 0 Å². The largest absolute Gasteiger partial charge is 0.467 e. The fourth-order valence-electron chi connectivity index (χ4n) is 3.10. The molecule has 120 valence electrons. The third-order valence-electron chi connectivity index (χ3n) is 4.43. The van der Waals surface area contributed by atoms with Gasteiger partial charge in [0.15, 0.2) is 0 Å². The van der Waals surface area contributed by atoms with Crippen LogP contribution in [0.5, 0.6) is 0 Å². The van der Waals surface area contributed by atoms with Crippen LogP contribution in [0.1, 0.15) is 32.3 Å². The lowest BCUT2D eigenvalue weighted by atomic mass is 9.87. The molecule has 1 aromatic rings. The lowest BCUT2D eigenvalue weighted by Crippen LogP contribution is -2.45. The van der Waals surface area contributed by atoms with E-state index in [1.807, 2.05) is 30.3 Å². The molecule has 1 aliphatic rings. The van der Waals surface area contributed by atoms with Crippen molar-refractivity contribution in [3.8, 4) is 0 Å². The number of hydrogen-bond donors (Lipinski definition) is 0. The van der Waals surface area contributed by atoms with Gasteiger partial charge in [0.05, 0.1) is 7.11 Å². The molecule has 4 nitrogen and oxygen atoms in total. The summed E-state index contributed by atoms with van der Waals surface area (Å²) in [7, 11) is 1.38. The minimum Gasteiger partial charge on any atom is -0.467 e. The van der Waals surface area contributed by atoms with Gasteiger partial charge in [0.2, 0.25) is 5.91 Å². The van der Waals surface area contributed by atoms with Crippen molar-refractivity contribution in [1.29, 1.82) is 0 Å². The highest BCUT2D eigenvalue weighted by Gasteiger charge is 2.38. The molecule has 0 spiro atoms. The summed E-state index contributed by atoms with van der Waals surface area (Å²) in [4.78, 5) is 26.5. The number of ether oxygens (including phenoxy) is 1. The molecular formula is C18H25NO3. The van der Waals surface area contributed by atoms with Crippen molar-refractivity contribution in [2.45, 2.75) is 39.2 Å². The first kappa shape index (κ1) is 16.5. The molecule has 0 aromatic heterocycles. The summed E-state index contributed by atoms with van der Waals surface area (Å²) in [6.45, 7) is 4.78. The molecule has 4 heteroatoms. The highest BCUT2D eigenvalue weighted by molar-refractivity contribution is 5.86. The van der Waals surface area contributed by atoms with E-state index in [-0.39, 0.29) is 23.7 Å². The van der Waals surface area contributed by atoms with Gasteiger partial charge < -0.3 is 9.64 Å². The van der Waals surface area contributed by atoms with Crippen LogP contribution in [0, 0.1) is 11.8 Å². The van der Waals surface area contributed by atoms with Crippen molar-refractivity contribution in [2.75, 3.05) is 13.7 Å². The van der Waals surface area contributed by atoms with E-state index in [4.69, 9.17) is 4.74 Å². The molecular weight excluding hydrogens is 278 g/mol. The molecule has 0 saturated carbocycles. The number of amides is 1. The van der Waals surface area contributed by atoms with Crippen LogP contribution in [0.15, 0.2) is 30.3 Å². The van der Waals surface area contributed by atoms with Crippen LogP contribution in [0.3, 0.4) is 0 Å². The summed E-state index contributed by atoms with van der Waals surface area (Å²) in [6.07, 6.45) is 2.28. The maximum Gasteiger partial charge on any atom is 0.328 e. The maximum atomic E-state index is 12.9. The van der Waals surface area contributed by atoms with Crippen molar-refractivity contribution in [1.82, 2.24) is 4.90 Å². The van der Waals surface area contributed by atoms with Crippen LogP contribution in [-0.2, 0) is 20.7 Å². The van der Waals surface area contributed by atoms with Gasteiger partial charge >= 0.3 is 5.97 Å². The summed E-state index contributed by atoms with van der Waals surface area (Å²) >= 11 is 0. The number of methoxy groups -OCH3 is 1. The fraction of sp³-hybridized carbons (Fsp3) is 0.556. The second kappa shape index (κ2) is 7.43. The number of esters is 1. The Balaban J connectivity index is 2.14. The Morgan fingerprint density at radius 1 is 1.27 bits per heavy atom. The van der Waals surface area contributed by atoms with Gasteiger partial charge in [-0.2, -0.15) is 0 Å². The van der Waals surface area contributed by atoms with Gasteiger partial charge in [-0.3, -0.25) is 4.79 Å². The Hall–Kier alpha value is -1.84. The number of carbonyl (C=O) groups excluding carboxylic acids is 2. The molecule has 2 rings (SSSR count). The topological polar surface area (TPSA) is 46.6 Å². The van der Waals surface area contributed by atoms with Crippen LogP contribution in [0.25, 0.3) is 0 Å². The average Bonchev–Trinajstić information content (AvgIpc) is 3.01. The summed E-state index contributed by atoms with van der Waals surface area (Å²) in [5, 5.41) is 0. The zero-order valence-corrected chi connectivity index (χ0v) is 13.6. The molecule has 0 radical (unpaired) electrons.